The van der Waals surface area contributed by atoms with Crippen molar-refractivity contribution in [1.29, 1.82) is 5.26 Å². The minimum Gasteiger partial charge on any atom is -0.351 e. The van der Waals surface area contributed by atoms with Gasteiger partial charge in [-0.3, -0.25) is 4.79 Å². The second-order valence-electron chi connectivity index (χ2n) is 4.82. The molecule has 0 aliphatic carbocycles. The molecule has 3 nitrogen and oxygen atoms in total. The molecule has 0 radical (unpaired) electrons. The minimum absolute atomic E-state index is 0.0680. The van der Waals surface area contributed by atoms with Crippen molar-refractivity contribution in [3.05, 3.63) is 75.3 Å². The Balaban J connectivity index is 1.96. The molecule has 0 aliphatic rings. The first-order valence-electron chi connectivity index (χ1n) is 6.99. The van der Waals surface area contributed by atoms with E-state index in [9.17, 15) is 4.79 Å². The Labute approximate surface area is 145 Å². The van der Waals surface area contributed by atoms with Crippen molar-refractivity contribution in [3.63, 3.8) is 0 Å². The highest BCUT2D eigenvalue weighted by molar-refractivity contribution is 6.35. The van der Waals surface area contributed by atoms with Gasteiger partial charge in [0, 0.05) is 16.6 Å². The molecule has 0 aliphatic heterocycles. The lowest BCUT2D eigenvalue weighted by molar-refractivity contribution is -0.117. The zero-order chi connectivity index (χ0) is 16.7. The third-order valence-electron chi connectivity index (χ3n) is 3.17. The molecule has 2 aromatic carbocycles. The van der Waals surface area contributed by atoms with Crippen LogP contribution in [0, 0.1) is 11.3 Å². The molecule has 0 bridgehead atoms. The summed E-state index contributed by atoms with van der Waals surface area (Å²) in [5.74, 6) is -0.401. The van der Waals surface area contributed by atoms with Gasteiger partial charge in [0.1, 0.15) is 11.6 Å². The Hall–Kier alpha value is -2.28. The van der Waals surface area contributed by atoms with Crippen LogP contribution in [-0.4, -0.2) is 12.5 Å². The molecule has 1 amide bonds. The predicted octanol–water partition coefficient (Wildman–Crippen LogP) is 4.26. The number of amides is 1. The lowest BCUT2D eigenvalue weighted by atomic mass is 10.1. The van der Waals surface area contributed by atoms with Gasteiger partial charge in [0.05, 0.1) is 0 Å². The molecule has 0 aromatic heterocycles. The van der Waals surface area contributed by atoms with E-state index in [1.165, 1.54) is 0 Å². The number of hydrogen-bond donors (Lipinski definition) is 1. The van der Waals surface area contributed by atoms with Crippen molar-refractivity contribution < 1.29 is 4.79 Å². The summed E-state index contributed by atoms with van der Waals surface area (Å²) in [6.45, 7) is 0.383. The third kappa shape index (κ3) is 5.14. The smallest absolute Gasteiger partial charge is 0.261 e. The average Bonchev–Trinajstić information content (AvgIpc) is 2.55. The summed E-state index contributed by atoms with van der Waals surface area (Å²) < 4.78 is 0. The van der Waals surface area contributed by atoms with Gasteiger partial charge in [-0.05, 0) is 35.8 Å². The number of halogens is 2. The summed E-state index contributed by atoms with van der Waals surface area (Å²) >= 11 is 11.9. The van der Waals surface area contributed by atoms with E-state index >= 15 is 0 Å². The number of nitrogens with one attached hydrogen (secondary N) is 1. The summed E-state index contributed by atoms with van der Waals surface area (Å²) in [7, 11) is 0. The van der Waals surface area contributed by atoms with Gasteiger partial charge in [-0.25, -0.2) is 0 Å². The van der Waals surface area contributed by atoms with Crippen LogP contribution in [0.4, 0.5) is 0 Å². The van der Waals surface area contributed by atoms with Crippen LogP contribution in [0.15, 0.2) is 54.1 Å². The highest BCUT2D eigenvalue weighted by atomic mass is 35.5. The minimum atomic E-state index is -0.401. The van der Waals surface area contributed by atoms with E-state index in [4.69, 9.17) is 28.5 Å². The van der Waals surface area contributed by atoms with Gasteiger partial charge in [0.2, 0.25) is 0 Å². The zero-order valence-corrected chi connectivity index (χ0v) is 13.7. The van der Waals surface area contributed by atoms with Gasteiger partial charge in [0.15, 0.2) is 0 Å². The molecule has 0 fully saturated rings. The van der Waals surface area contributed by atoms with Crippen LogP contribution >= 0.6 is 23.2 Å². The first-order valence-corrected chi connectivity index (χ1v) is 7.74. The van der Waals surface area contributed by atoms with Crippen molar-refractivity contribution in [3.8, 4) is 6.07 Å². The fourth-order valence-corrected chi connectivity index (χ4v) is 2.50. The van der Waals surface area contributed by atoms with Crippen LogP contribution in [0.25, 0.3) is 6.08 Å². The molecule has 2 rings (SSSR count). The maximum absolute atomic E-state index is 12.1. The van der Waals surface area contributed by atoms with Crippen molar-refractivity contribution in [1.82, 2.24) is 5.32 Å². The Kier molecular flexibility index (Phi) is 6.22. The van der Waals surface area contributed by atoms with Crippen LogP contribution in [0.5, 0.6) is 0 Å². The van der Waals surface area contributed by atoms with Crippen LogP contribution in [0.3, 0.4) is 0 Å². The van der Waals surface area contributed by atoms with E-state index in [1.807, 2.05) is 42.5 Å². The number of carbonyl (C=O) groups excluding carboxylic acids is 1. The predicted molar refractivity (Wildman–Crippen MR) is 93.2 cm³/mol. The lowest BCUT2D eigenvalue weighted by Crippen LogP contribution is -2.26. The van der Waals surface area contributed by atoms with E-state index < -0.39 is 5.91 Å². The van der Waals surface area contributed by atoms with E-state index in [1.54, 1.807) is 18.2 Å². The number of benzene rings is 2. The quantitative estimate of drug-likeness (QED) is 0.650. The molecule has 0 saturated heterocycles. The van der Waals surface area contributed by atoms with Crippen LogP contribution in [-0.2, 0) is 11.2 Å². The van der Waals surface area contributed by atoms with Gasteiger partial charge >= 0.3 is 0 Å². The highest BCUT2D eigenvalue weighted by Gasteiger charge is 2.09. The zero-order valence-electron chi connectivity index (χ0n) is 12.2. The Bertz CT molecular complexity index is 764. The summed E-state index contributed by atoms with van der Waals surface area (Å²) in [4.78, 5) is 12.1. The molecule has 0 spiro atoms. The molecule has 0 atom stereocenters. The first kappa shape index (κ1) is 17.1. The van der Waals surface area contributed by atoms with Crippen LogP contribution in [0.2, 0.25) is 10.0 Å². The Morgan fingerprint density at radius 2 is 1.91 bits per heavy atom. The second-order valence-corrected chi connectivity index (χ2v) is 5.67. The number of carbonyl (C=O) groups is 1. The molecule has 5 heteroatoms. The summed E-state index contributed by atoms with van der Waals surface area (Å²) in [5.41, 5.74) is 1.76. The van der Waals surface area contributed by atoms with Gasteiger partial charge < -0.3 is 5.32 Å². The third-order valence-corrected chi connectivity index (χ3v) is 3.76. The maximum Gasteiger partial charge on any atom is 0.261 e. The van der Waals surface area contributed by atoms with Crippen LogP contribution < -0.4 is 5.32 Å². The fraction of sp³-hybridized carbons (Fsp3) is 0.111. The number of rotatable bonds is 5. The highest BCUT2D eigenvalue weighted by Crippen LogP contribution is 2.21. The summed E-state index contributed by atoms with van der Waals surface area (Å²) in [6.07, 6.45) is 2.12. The Morgan fingerprint density at radius 3 is 2.57 bits per heavy atom. The van der Waals surface area contributed by atoms with Crippen molar-refractivity contribution in [2.24, 2.45) is 0 Å². The SMILES string of the molecule is N#C/C(=C/c1ccccc1)C(=O)NCCc1ccc(Cl)cc1Cl. The van der Waals surface area contributed by atoms with Crippen LogP contribution in [0.1, 0.15) is 11.1 Å². The van der Waals surface area contributed by atoms with Crippen molar-refractivity contribution in [2.45, 2.75) is 6.42 Å². The fourth-order valence-electron chi connectivity index (χ4n) is 1.99. The topological polar surface area (TPSA) is 52.9 Å². The number of nitrogens with zero attached hydrogens (tertiary/aromatic N) is 1. The summed E-state index contributed by atoms with van der Waals surface area (Å²) in [5, 5.41) is 13.0. The van der Waals surface area contributed by atoms with E-state index in [-0.39, 0.29) is 5.57 Å². The standard InChI is InChI=1S/C18H14Cl2N2O/c19-16-7-6-14(17(20)11-16)8-9-22-18(23)15(12-21)10-13-4-2-1-3-5-13/h1-7,10-11H,8-9H2,(H,22,23)/b15-10-. The molecule has 0 heterocycles. The second kappa shape index (κ2) is 8.38. The average molecular weight is 345 g/mol. The van der Waals surface area contributed by atoms with Gasteiger partial charge in [0.25, 0.3) is 5.91 Å². The van der Waals surface area contributed by atoms with E-state index in [0.29, 0.717) is 23.0 Å². The van der Waals surface area contributed by atoms with Crippen molar-refractivity contribution >= 4 is 35.2 Å². The van der Waals surface area contributed by atoms with E-state index in [2.05, 4.69) is 5.32 Å². The van der Waals surface area contributed by atoms with Crippen molar-refractivity contribution in [2.75, 3.05) is 6.54 Å². The molecule has 1 N–H and O–H groups in total. The molecular formula is C18H14Cl2N2O. The normalized spacial score (nSPS) is 10.9. The molecule has 116 valence electrons. The first-order chi connectivity index (χ1) is 11.1. The molecule has 0 unspecified atom stereocenters. The van der Waals surface area contributed by atoms with Gasteiger partial charge in [-0.2, -0.15) is 5.26 Å². The Morgan fingerprint density at radius 1 is 1.17 bits per heavy atom. The molecule has 23 heavy (non-hydrogen) atoms. The lowest BCUT2D eigenvalue weighted by Gasteiger charge is -2.06. The van der Waals surface area contributed by atoms with Gasteiger partial charge in [-0.1, -0.05) is 59.6 Å². The summed E-state index contributed by atoms with van der Waals surface area (Å²) in [6, 6.07) is 16.4. The number of nitriles is 1. The monoisotopic (exact) mass is 344 g/mol. The molecular weight excluding hydrogens is 331 g/mol. The molecule has 2 aromatic rings. The molecule has 0 saturated carbocycles. The number of hydrogen-bond acceptors (Lipinski definition) is 2. The van der Waals surface area contributed by atoms with Gasteiger partial charge in [-0.15, -0.1) is 0 Å². The maximum atomic E-state index is 12.1. The largest absolute Gasteiger partial charge is 0.351 e. The van der Waals surface area contributed by atoms with E-state index in [0.717, 1.165) is 11.1 Å².